The molecule has 0 heterocycles. The lowest BCUT2D eigenvalue weighted by Crippen LogP contribution is -2.35. The largest absolute Gasteiger partial charge is 0.489 e. The third-order valence-corrected chi connectivity index (χ3v) is 3.55. The number of halogens is 1. The van der Waals surface area contributed by atoms with Crippen LogP contribution >= 0.6 is 12.4 Å². The summed E-state index contributed by atoms with van der Waals surface area (Å²) in [4.78, 5) is 12.0. The predicted molar refractivity (Wildman–Crippen MR) is 99.5 cm³/mol. The van der Waals surface area contributed by atoms with Crippen LogP contribution in [0.25, 0.3) is 0 Å². The first-order valence-corrected chi connectivity index (χ1v) is 7.85. The Labute approximate surface area is 149 Å². The summed E-state index contributed by atoms with van der Waals surface area (Å²) in [5.74, 6) is 0.744. The van der Waals surface area contributed by atoms with E-state index < -0.39 is 0 Å². The van der Waals surface area contributed by atoms with E-state index in [9.17, 15) is 4.79 Å². The molecule has 2 aromatic rings. The van der Waals surface area contributed by atoms with Crippen LogP contribution in [0.5, 0.6) is 5.75 Å². The number of nitrogens with two attached hydrogens (primary N) is 1. The molecule has 4 nitrogen and oxygen atoms in total. The average molecular weight is 349 g/mol. The topological polar surface area (TPSA) is 64.3 Å². The molecule has 0 aliphatic carbocycles. The normalized spacial score (nSPS) is 12.6. The van der Waals surface area contributed by atoms with E-state index in [-0.39, 0.29) is 36.9 Å². The Morgan fingerprint density at radius 1 is 1.17 bits per heavy atom. The molecule has 5 heteroatoms. The molecule has 0 radical (unpaired) electrons. The van der Waals surface area contributed by atoms with Crippen LogP contribution in [0.2, 0.25) is 0 Å². The van der Waals surface area contributed by atoms with Gasteiger partial charge in [0.25, 0.3) is 0 Å². The number of ether oxygens (including phenoxy) is 1. The minimum atomic E-state index is -0.288. The zero-order chi connectivity index (χ0) is 16.7. The van der Waals surface area contributed by atoms with Gasteiger partial charge in [0, 0.05) is 12.5 Å². The van der Waals surface area contributed by atoms with Crippen LogP contribution in [0.15, 0.2) is 54.6 Å². The van der Waals surface area contributed by atoms with Gasteiger partial charge in [-0.05, 0) is 37.1 Å². The SMILES string of the molecule is Cc1cccc(OC(C)CNC(=O)CC(N)c2ccccc2)c1.Cl. The van der Waals surface area contributed by atoms with E-state index in [2.05, 4.69) is 5.32 Å². The van der Waals surface area contributed by atoms with Gasteiger partial charge in [-0.2, -0.15) is 0 Å². The van der Waals surface area contributed by atoms with Crippen molar-refractivity contribution in [1.29, 1.82) is 0 Å². The van der Waals surface area contributed by atoms with Crippen molar-refractivity contribution in [2.24, 2.45) is 5.73 Å². The number of benzene rings is 2. The first kappa shape index (κ1) is 20.0. The molecule has 2 atom stereocenters. The molecule has 2 aromatic carbocycles. The van der Waals surface area contributed by atoms with Gasteiger partial charge in [0.2, 0.25) is 5.91 Å². The van der Waals surface area contributed by atoms with Crippen LogP contribution in [-0.4, -0.2) is 18.6 Å². The van der Waals surface area contributed by atoms with E-state index in [1.54, 1.807) is 0 Å². The Bertz CT molecular complexity index is 634. The average Bonchev–Trinajstić information content (AvgIpc) is 2.54. The molecule has 2 rings (SSSR count). The van der Waals surface area contributed by atoms with Crippen LogP contribution in [0.1, 0.15) is 30.5 Å². The Balaban J connectivity index is 0.00000288. The van der Waals surface area contributed by atoms with Crippen molar-refractivity contribution in [3.05, 3.63) is 65.7 Å². The van der Waals surface area contributed by atoms with Gasteiger partial charge in [0.1, 0.15) is 11.9 Å². The molecule has 0 saturated carbocycles. The van der Waals surface area contributed by atoms with Crippen LogP contribution < -0.4 is 15.8 Å². The van der Waals surface area contributed by atoms with Crippen molar-refractivity contribution in [2.75, 3.05) is 6.54 Å². The standard InChI is InChI=1S/C19H24N2O2.ClH/c1-14-7-6-10-17(11-14)23-15(2)13-21-19(22)12-18(20)16-8-4-3-5-9-16;/h3-11,15,18H,12-13,20H2,1-2H3,(H,21,22);1H. The molecule has 24 heavy (non-hydrogen) atoms. The van der Waals surface area contributed by atoms with Crippen LogP contribution in [0.3, 0.4) is 0 Å². The maximum absolute atomic E-state index is 12.0. The summed E-state index contributed by atoms with van der Waals surface area (Å²) in [6, 6.07) is 17.2. The third-order valence-electron chi connectivity index (χ3n) is 3.55. The Kier molecular flexibility index (Phi) is 8.30. The van der Waals surface area contributed by atoms with E-state index in [0.29, 0.717) is 6.54 Å². The lowest BCUT2D eigenvalue weighted by atomic mass is 10.0. The number of carbonyl (C=O) groups excluding carboxylic acids is 1. The second kappa shape index (κ2) is 9.96. The van der Waals surface area contributed by atoms with Crippen molar-refractivity contribution in [2.45, 2.75) is 32.4 Å². The molecule has 0 aliphatic rings. The van der Waals surface area contributed by atoms with Gasteiger partial charge in [-0.3, -0.25) is 4.79 Å². The monoisotopic (exact) mass is 348 g/mol. The van der Waals surface area contributed by atoms with Gasteiger partial charge in [-0.1, -0.05) is 42.5 Å². The number of carbonyl (C=O) groups is 1. The fourth-order valence-electron chi connectivity index (χ4n) is 2.31. The summed E-state index contributed by atoms with van der Waals surface area (Å²) in [6.07, 6.45) is 0.162. The lowest BCUT2D eigenvalue weighted by Gasteiger charge is -2.17. The van der Waals surface area contributed by atoms with Crippen LogP contribution in [0.4, 0.5) is 0 Å². The van der Waals surface area contributed by atoms with E-state index >= 15 is 0 Å². The van der Waals surface area contributed by atoms with Gasteiger partial charge >= 0.3 is 0 Å². The molecule has 2 unspecified atom stereocenters. The van der Waals surface area contributed by atoms with Crippen molar-refractivity contribution >= 4 is 18.3 Å². The first-order chi connectivity index (χ1) is 11.0. The molecule has 0 bridgehead atoms. The highest BCUT2D eigenvalue weighted by Crippen LogP contribution is 2.15. The third kappa shape index (κ3) is 6.60. The molecule has 130 valence electrons. The highest BCUT2D eigenvalue weighted by atomic mass is 35.5. The minimum absolute atomic E-state index is 0. The predicted octanol–water partition coefficient (Wildman–Crippen LogP) is 3.39. The molecule has 3 N–H and O–H groups in total. The Morgan fingerprint density at radius 3 is 2.54 bits per heavy atom. The second-order valence-electron chi connectivity index (χ2n) is 5.77. The molecule has 0 spiro atoms. The van der Waals surface area contributed by atoms with Gasteiger partial charge < -0.3 is 15.8 Å². The van der Waals surface area contributed by atoms with Gasteiger partial charge in [-0.15, -0.1) is 12.4 Å². The quantitative estimate of drug-likeness (QED) is 0.806. The summed E-state index contributed by atoms with van der Waals surface area (Å²) in [5, 5.41) is 2.87. The number of amides is 1. The molecule has 0 fully saturated rings. The lowest BCUT2D eigenvalue weighted by molar-refractivity contribution is -0.121. The summed E-state index contributed by atoms with van der Waals surface area (Å²) < 4.78 is 5.79. The maximum atomic E-state index is 12.0. The Hall–Kier alpha value is -2.04. The van der Waals surface area contributed by atoms with E-state index in [1.807, 2.05) is 68.4 Å². The zero-order valence-corrected chi connectivity index (χ0v) is 14.9. The fraction of sp³-hybridized carbons (Fsp3) is 0.316. The van der Waals surface area contributed by atoms with Gasteiger partial charge in [-0.25, -0.2) is 0 Å². The smallest absolute Gasteiger partial charge is 0.222 e. The van der Waals surface area contributed by atoms with Gasteiger partial charge in [0.15, 0.2) is 0 Å². The fourth-order valence-corrected chi connectivity index (χ4v) is 2.31. The zero-order valence-electron chi connectivity index (χ0n) is 14.1. The minimum Gasteiger partial charge on any atom is -0.489 e. The first-order valence-electron chi connectivity index (χ1n) is 7.85. The number of hydrogen-bond acceptors (Lipinski definition) is 3. The van der Waals surface area contributed by atoms with E-state index in [1.165, 1.54) is 0 Å². The Morgan fingerprint density at radius 2 is 1.88 bits per heavy atom. The van der Waals surface area contributed by atoms with Crippen molar-refractivity contribution < 1.29 is 9.53 Å². The highest BCUT2D eigenvalue weighted by Gasteiger charge is 2.12. The summed E-state index contributed by atoms with van der Waals surface area (Å²) in [7, 11) is 0. The maximum Gasteiger partial charge on any atom is 0.222 e. The second-order valence-corrected chi connectivity index (χ2v) is 5.77. The van der Waals surface area contributed by atoms with E-state index in [0.717, 1.165) is 16.9 Å². The van der Waals surface area contributed by atoms with E-state index in [4.69, 9.17) is 10.5 Å². The van der Waals surface area contributed by atoms with Crippen molar-refractivity contribution in [3.8, 4) is 5.75 Å². The molecule has 1 amide bonds. The van der Waals surface area contributed by atoms with Crippen LogP contribution in [0, 0.1) is 6.92 Å². The molecule has 0 saturated heterocycles. The van der Waals surface area contributed by atoms with Crippen LogP contribution in [-0.2, 0) is 4.79 Å². The highest BCUT2D eigenvalue weighted by molar-refractivity contribution is 5.85. The molecular weight excluding hydrogens is 324 g/mol. The number of rotatable bonds is 7. The van der Waals surface area contributed by atoms with Gasteiger partial charge in [0.05, 0.1) is 6.54 Å². The summed E-state index contributed by atoms with van der Waals surface area (Å²) in [5.41, 5.74) is 8.16. The summed E-state index contributed by atoms with van der Waals surface area (Å²) in [6.45, 7) is 4.40. The summed E-state index contributed by atoms with van der Waals surface area (Å²) >= 11 is 0. The van der Waals surface area contributed by atoms with Crippen molar-refractivity contribution in [1.82, 2.24) is 5.32 Å². The van der Waals surface area contributed by atoms with Crippen molar-refractivity contribution in [3.63, 3.8) is 0 Å². The molecular formula is C19H25ClN2O2. The number of hydrogen-bond donors (Lipinski definition) is 2. The number of aryl methyl sites for hydroxylation is 1. The number of nitrogens with one attached hydrogen (secondary N) is 1. The molecule has 0 aliphatic heterocycles. The molecule has 0 aromatic heterocycles.